The molecule has 0 amide bonds. The van der Waals surface area contributed by atoms with Crippen LogP contribution < -0.4 is 0 Å². The molecule has 2 heteroatoms. The minimum Gasteiger partial charge on any atom is -0.304 e. The van der Waals surface area contributed by atoms with E-state index in [1.165, 1.54) is 0 Å². The largest absolute Gasteiger partial charge is 0.304 e. The number of piperidine rings is 1. The minimum absolute atomic E-state index is 0.350. The first-order valence-corrected chi connectivity index (χ1v) is 6.04. The Bertz CT molecular complexity index is 239. The van der Waals surface area contributed by atoms with Crippen LogP contribution in [0.25, 0.3) is 0 Å². The van der Waals surface area contributed by atoms with Crippen molar-refractivity contribution in [2.75, 3.05) is 19.6 Å². The lowest BCUT2D eigenvalue weighted by molar-refractivity contribution is -0.112. The summed E-state index contributed by atoms with van der Waals surface area (Å²) in [7, 11) is 0. The van der Waals surface area contributed by atoms with Gasteiger partial charge in [0.1, 0.15) is 6.29 Å². The lowest BCUT2D eigenvalue weighted by atomic mass is 9.99. The third-order valence-corrected chi connectivity index (χ3v) is 2.94. The molecule has 1 fully saturated rings. The van der Waals surface area contributed by atoms with Gasteiger partial charge in [0, 0.05) is 5.92 Å². The van der Waals surface area contributed by atoms with Gasteiger partial charge < -0.3 is 9.69 Å². The zero-order valence-corrected chi connectivity index (χ0v) is 10.0. The van der Waals surface area contributed by atoms with E-state index in [1.54, 1.807) is 0 Å². The monoisotopic (exact) mass is 219 g/mol. The van der Waals surface area contributed by atoms with Crippen molar-refractivity contribution in [2.24, 2.45) is 5.92 Å². The molecule has 2 rings (SSSR count). The molecule has 1 aromatic carbocycles. The highest BCUT2D eigenvalue weighted by molar-refractivity contribution is 5.53. The van der Waals surface area contributed by atoms with Crippen LogP contribution in [0, 0.1) is 5.92 Å². The van der Waals surface area contributed by atoms with Gasteiger partial charge in [-0.2, -0.15) is 0 Å². The van der Waals surface area contributed by atoms with Crippen LogP contribution in [0.5, 0.6) is 0 Å². The van der Waals surface area contributed by atoms with Crippen molar-refractivity contribution < 1.29 is 4.79 Å². The third kappa shape index (κ3) is 5.08. The summed E-state index contributed by atoms with van der Waals surface area (Å²) in [6.45, 7) is 5.52. The average molecular weight is 219 g/mol. The van der Waals surface area contributed by atoms with Crippen molar-refractivity contribution in [1.82, 2.24) is 4.90 Å². The second-order valence-electron chi connectivity index (χ2n) is 4.06. The van der Waals surface area contributed by atoms with E-state index in [-0.39, 0.29) is 0 Å². The summed E-state index contributed by atoms with van der Waals surface area (Å²) in [4.78, 5) is 12.7. The van der Waals surface area contributed by atoms with Crippen LogP contribution in [0.15, 0.2) is 36.4 Å². The molecule has 0 unspecified atom stereocenters. The number of hydrogen-bond donors (Lipinski definition) is 0. The van der Waals surface area contributed by atoms with Gasteiger partial charge in [-0.25, -0.2) is 0 Å². The Balaban J connectivity index is 0.000000181. The molecule has 0 spiro atoms. The molecule has 1 saturated heterocycles. The zero-order valence-electron chi connectivity index (χ0n) is 10.0. The summed E-state index contributed by atoms with van der Waals surface area (Å²) in [5, 5.41) is 0. The van der Waals surface area contributed by atoms with Gasteiger partial charge in [0.25, 0.3) is 0 Å². The molecule has 0 N–H and O–H groups in total. The molecule has 0 aromatic heterocycles. The fourth-order valence-corrected chi connectivity index (χ4v) is 1.79. The normalized spacial score (nSPS) is 17.3. The van der Waals surface area contributed by atoms with Gasteiger partial charge >= 0.3 is 0 Å². The SMILES string of the molecule is CCN1CCC(C=O)CC1.c1ccccc1. The summed E-state index contributed by atoms with van der Waals surface area (Å²) in [5.74, 6) is 0.350. The number of rotatable bonds is 2. The molecule has 16 heavy (non-hydrogen) atoms. The molecule has 1 aliphatic rings. The molecule has 0 saturated carbocycles. The summed E-state index contributed by atoms with van der Waals surface area (Å²) in [6, 6.07) is 12.0. The van der Waals surface area contributed by atoms with Gasteiger partial charge in [0.15, 0.2) is 0 Å². The maximum absolute atomic E-state index is 10.3. The Morgan fingerprint density at radius 3 is 1.81 bits per heavy atom. The number of aldehydes is 1. The van der Waals surface area contributed by atoms with Gasteiger partial charge in [0.05, 0.1) is 0 Å². The first-order valence-electron chi connectivity index (χ1n) is 6.04. The van der Waals surface area contributed by atoms with Crippen LogP contribution in [0.4, 0.5) is 0 Å². The maximum atomic E-state index is 10.3. The average Bonchev–Trinajstić information content (AvgIpc) is 2.41. The number of benzene rings is 1. The first kappa shape index (κ1) is 12.9. The molecule has 1 aliphatic heterocycles. The smallest absolute Gasteiger partial charge is 0.123 e. The second-order valence-corrected chi connectivity index (χ2v) is 4.06. The van der Waals surface area contributed by atoms with Crippen molar-refractivity contribution in [3.8, 4) is 0 Å². The molecular weight excluding hydrogens is 198 g/mol. The summed E-state index contributed by atoms with van der Waals surface area (Å²) in [5.41, 5.74) is 0. The Hall–Kier alpha value is -1.15. The molecule has 0 aliphatic carbocycles. The molecule has 1 aromatic rings. The summed E-state index contributed by atoms with van der Waals surface area (Å²) < 4.78 is 0. The van der Waals surface area contributed by atoms with E-state index in [0.29, 0.717) is 5.92 Å². The molecule has 0 radical (unpaired) electrons. The molecule has 0 bridgehead atoms. The Morgan fingerprint density at radius 2 is 1.50 bits per heavy atom. The van der Waals surface area contributed by atoms with E-state index < -0.39 is 0 Å². The number of carbonyl (C=O) groups excluding carboxylic acids is 1. The second kappa shape index (κ2) is 8.05. The van der Waals surface area contributed by atoms with Crippen LogP contribution in [0.1, 0.15) is 19.8 Å². The van der Waals surface area contributed by atoms with Crippen molar-refractivity contribution >= 4 is 6.29 Å². The predicted molar refractivity (Wildman–Crippen MR) is 67.3 cm³/mol. The van der Waals surface area contributed by atoms with E-state index in [1.807, 2.05) is 36.4 Å². The summed E-state index contributed by atoms with van der Waals surface area (Å²) >= 11 is 0. The molecule has 2 nitrogen and oxygen atoms in total. The van der Waals surface area contributed by atoms with Crippen LogP contribution in [-0.4, -0.2) is 30.8 Å². The van der Waals surface area contributed by atoms with E-state index in [4.69, 9.17) is 0 Å². The van der Waals surface area contributed by atoms with E-state index in [2.05, 4.69) is 11.8 Å². The van der Waals surface area contributed by atoms with Crippen molar-refractivity contribution in [1.29, 1.82) is 0 Å². The zero-order chi connectivity index (χ0) is 11.6. The van der Waals surface area contributed by atoms with Crippen molar-refractivity contribution in [2.45, 2.75) is 19.8 Å². The Labute approximate surface area is 98.3 Å². The lowest BCUT2D eigenvalue weighted by Gasteiger charge is -2.27. The fraction of sp³-hybridized carbons (Fsp3) is 0.500. The van der Waals surface area contributed by atoms with Gasteiger partial charge in [-0.3, -0.25) is 0 Å². The van der Waals surface area contributed by atoms with E-state index in [9.17, 15) is 4.79 Å². The highest BCUT2D eigenvalue weighted by atomic mass is 16.1. The number of hydrogen-bond acceptors (Lipinski definition) is 2. The molecule has 0 atom stereocenters. The minimum atomic E-state index is 0.350. The number of likely N-dealkylation sites (tertiary alicyclic amines) is 1. The highest BCUT2D eigenvalue weighted by Gasteiger charge is 2.16. The number of carbonyl (C=O) groups is 1. The van der Waals surface area contributed by atoms with Gasteiger partial charge in [0.2, 0.25) is 0 Å². The molecule has 88 valence electrons. The van der Waals surface area contributed by atoms with Crippen LogP contribution in [0.2, 0.25) is 0 Å². The third-order valence-electron chi connectivity index (χ3n) is 2.94. The van der Waals surface area contributed by atoms with Gasteiger partial charge in [-0.15, -0.1) is 0 Å². The van der Waals surface area contributed by atoms with Crippen molar-refractivity contribution in [3.05, 3.63) is 36.4 Å². The van der Waals surface area contributed by atoms with Gasteiger partial charge in [-0.05, 0) is 32.5 Å². The topological polar surface area (TPSA) is 20.3 Å². The standard InChI is InChI=1S/C8H15NO.C6H6/c1-2-9-5-3-8(7-10)4-6-9;1-2-4-6-5-3-1/h7-8H,2-6H2,1H3;1-6H. The quantitative estimate of drug-likeness (QED) is 0.713. The molecule has 1 heterocycles. The first-order chi connectivity index (χ1) is 7.86. The number of nitrogens with zero attached hydrogens (tertiary/aromatic N) is 1. The predicted octanol–water partition coefficient (Wildman–Crippen LogP) is 2.60. The Kier molecular flexibility index (Phi) is 6.50. The fourth-order valence-electron chi connectivity index (χ4n) is 1.79. The highest BCUT2D eigenvalue weighted by Crippen LogP contribution is 2.13. The Morgan fingerprint density at radius 1 is 1.06 bits per heavy atom. The van der Waals surface area contributed by atoms with Crippen molar-refractivity contribution in [3.63, 3.8) is 0 Å². The van der Waals surface area contributed by atoms with Crippen LogP contribution in [0.3, 0.4) is 0 Å². The van der Waals surface area contributed by atoms with Gasteiger partial charge in [-0.1, -0.05) is 43.3 Å². The van der Waals surface area contributed by atoms with E-state index >= 15 is 0 Å². The molecular formula is C14H21NO. The van der Waals surface area contributed by atoms with Crippen LogP contribution >= 0.6 is 0 Å². The maximum Gasteiger partial charge on any atom is 0.123 e. The summed E-state index contributed by atoms with van der Waals surface area (Å²) in [6.07, 6.45) is 3.24. The van der Waals surface area contributed by atoms with E-state index in [0.717, 1.165) is 38.8 Å². The van der Waals surface area contributed by atoms with Crippen LogP contribution in [-0.2, 0) is 4.79 Å². The lowest BCUT2D eigenvalue weighted by Crippen LogP contribution is -2.33.